The molecule has 118 valence electrons. The Labute approximate surface area is 142 Å². The van der Waals surface area contributed by atoms with E-state index in [4.69, 9.17) is 0 Å². The van der Waals surface area contributed by atoms with Gasteiger partial charge in [-0.1, -0.05) is 36.4 Å². The molecular weight excluding hydrogens is 356 g/mol. The Morgan fingerprint density at radius 2 is 2.00 bits per heavy atom. The van der Waals surface area contributed by atoms with Gasteiger partial charge in [0, 0.05) is 18.1 Å². The minimum Gasteiger partial charge on any atom is -0.332 e. The van der Waals surface area contributed by atoms with Crippen molar-refractivity contribution in [3.63, 3.8) is 0 Å². The fraction of sp³-hybridized carbons (Fsp3) is 0.176. The summed E-state index contributed by atoms with van der Waals surface area (Å²) < 4.78 is 2.72. The van der Waals surface area contributed by atoms with Crippen LogP contribution >= 0.6 is 15.9 Å². The molecule has 0 bridgehead atoms. The number of anilines is 1. The maximum absolute atomic E-state index is 12.1. The molecule has 0 aliphatic heterocycles. The number of hydrogen-bond acceptors (Lipinski definition) is 2. The molecule has 2 aromatic carbocycles. The smallest absolute Gasteiger partial charge is 0.319 e. The van der Waals surface area contributed by atoms with Crippen LogP contribution in [0.3, 0.4) is 0 Å². The van der Waals surface area contributed by atoms with Gasteiger partial charge in [-0.2, -0.15) is 5.10 Å². The van der Waals surface area contributed by atoms with Crippen molar-refractivity contribution in [1.29, 1.82) is 0 Å². The lowest BCUT2D eigenvalue weighted by atomic mass is 10.1. The van der Waals surface area contributed by atoms with Gasteiger partial charge in [-0.15, -0.1) is 0 Å². The summed E-state index contributed by atoms with van der Waals surface area (Å²) in [4.78, 5) is 12.1. The lowest BCUT2D eigenvalue weighted by Gasteiger charge is -2.09. The summed E-state index contributed by atoms with van der Waals surface area (Å²) in [5.74, 6) is 0. The summed E-state index contributed by atoms with van der Waals surface area (Å²) in [6, 6.07) is 13.5. The largest absolute Gasteiger partial charge is 0.332 e. The average molecular weight is 373 g/mol. The molecule has 2 N–H and O–H groups in total. The van der Waals surface area contributed by atoms with Crippen molar-refractivity contribution in [3.8, 4) is 0 Å². The van der Waals surface area contributed by atoms with Gasteiger partial charge < -0.3 is 10.6 Å². The molecule has 0 atom stereocenters. The Hall–Kier alpha value is -2.34. The molecule has 5 nitrogen and oxygen atoms in total. The van der Waals surface area contributed by atoms with Crippen molar-refractivity contribution in [1.82, 2.24) is 15.1 Å². The van der Waals surface area contributed by atoms with Gasteiger partial charge in [-0.3, -0.25) is 4.68 Å². The molecule has 23 heavy (non-hydrogen) atoms. The molecule has 6 heteroatoms. The number of nitrogens with zero attached hydrogens (tertiary/aromatic N) is 2. The highest BCUT2D eigenvalue weighted by Crippen LogP contribution is 2.22. The molecule has 0 radical (unpaired) electrons. The first kappa shape index (κ1) is 15.6. The van der Waals surface area contributed by atoms with Crippen LogP contribution in [-0.4, -0.2) is 15.8 Å². The standard InChI is InChI=1S/C17H17BrN4O/c1-2-22-11-14(18)16(21-22)10-19-17(23)20-15-9-5-7-12-6-3-4-8-13(12)15/h3-9,11H,2,10H2,1H3,(H2,19,20,23). The van der Waals surface area contributed by atoms with Gasteiger partial charge in [-0.25, -0.2) is 4.79 Å². The molecule has 0 aliphatic carbocycles. The highest BCUT2D eigenvalue weighted by atomic mass is 79.9. The van der Waals surface area contributed by atoms with Crippen LogP contribution in [0.5, 0.6) is 0 Å². The molecule has 0 spiro atoms. The van der Waals surface area contributed by atoms with Crippen LogP contribution in [-0.2, 0) is 13.1 Å². The second-order valence-electron chi connectivity index (χ2n) is 5.11. The number of benzene rings is 2. The molecular formula is C17H17BrN4O. The molecule has 0 fully saturated rings. The Morgan fingerprint density at radius 3 is 2.78 bits per heavy atom. The van der Waals surface area contributed by atoms with Gasteiger partial charge in [0.1, 0.15) is 0 Å². The Balaban J connectivity index is 1.68. The van der Waals surface area contributed by atoms with E-state index in [9.17, 15) is 4.79 Å². The molecule has 2 amide bonds. The van der Waals surface area contributed by atoms with Crippen LogP contribution in [0.2, 0.25) is 0 Å². The number of halogens is 1. The first-order chi connectivity index (χ1) is 11.2. The summed E-state index contributed by atoms with van der Waals surface area (Å²) in [6.07, 6.45) is 1.90. The van der Waals surface area contributed by atoms with E-state index in [2.05, 4.69) is 31.7 Å². The summed E-state index contributed by atoms with van der Waals surface area (Å²) in [7, 11) is 0. The zero-order valence-electron chi connectivity index (χ0n) is 12.7. The van der Waals surface area contributed by atoms with Crippen molar-refractivity contribution >= 4 is 38.4 Å². The number of nitrogens with one attached hydrogen (secondary N) is 2. The van der Waals surface area contributed by atoms with Crippen LogP contribution in [0, 0.1) is 0 Å². The van der Waals surface area contributed by atoms with Gasteiger partial charge in [-0.05, 0) is 34.3 Å². The van der Waals surface area contributed by atoms with E-state index in [0.717, 1.165) is 33.2 Å². The van der Waals surface area contributed by atoms with Crippen molar-refractivity contribution in [2.45, 2.75) is 20.0 Å². The van der Waals surface area contributed by atoms with Crippen LogP contribution in [0.4, 0.5) is 10.5 Å². The first-order valence-electron chi connectivity index (χ1n) is 7.42. The molecule has 1 heterocycles. The van der Waals surface area contributed by atoms with Gasteiger partial charge >= 0.3 is 6.03 Å². The number of aromatic nitrogens is 2. The SMILES string of the molecule is CCn1cc(Br)c(CNC(=O)Nc2cccc3ccccc23)n1. The Bertz CT molecular complexity index is 838. The fourth-order valence-electron chi connectivity index (χ4n) is 2.38. The maximum atomic E-state index is 12.1. The topological polar surface area (TPSA) is 59.0 Å². The molecule has 3 rings (SSSR count). The van der Waals surface area contributed by atoms with Crippen LogP contribution in [0.15, 0.2) is 53.1 Å². The summed E-state index contributed by atoms with van der Waals surface area (Å²) in [5, 5.41) is 12.2. The molecule has 3 aromatic rings. The zero-order valence-corrected chi connectivity index (χ0v) is 14.3. The zero-order chi connectivity index (χ0) is 16.2. The monoisotopic (exact) mass is 372 g/mol. The second-order valence-corrected chi connectivity index (χ2v) is 5.97. The van der Waals surface area contributed by atoms with Gasteiger partial charge in [0.25, 0.3) is 0 Å². The van der Waals surface area contributed by atoms with Crippen LogP contribution in [0.25, 0.3) is 10.8 Å². The van der Waals surface area contributed by atoms with E-state index in [0.29, 0.717) is 6.54 Å². The number of amides is 2. The lowest BCUT2D eigenvalue weighted by molar-refractivity contribution is 0.251. The van der Waals surface area contributed by atoms with Gasteiger partial charge in [0.05, 0.1) is 22.4 Å². The molecule has 0 unspecified atom stereocenters. The van der Waals surface area contributed by atoms with E-state index < -0.39 is 0 Å². The minimum atomic E-state index is -0.251. The number of urea groups is 1. The van der Waals surface area contributed by atoms with E-state index in [1.165, 1.54) is 0 Å². The Morgan fingerprint density at radius 1 is 1.22 bits per heavy atom. The predicted molar refractivity (Wildman–Crippen MR) is 95.4 cm³/mol. The van der Waals surface area contributed by atoms with Crippen LogP contribution < -0.4 is 10.6 Å². The minimum absolute atomic E-state index is 0.251. The molecule has 0 saturated carbocycles. The quantitative estimate of drug-likeness (QED) is 0.722. The maximum Gasteiger partial charge on any atom is 0.319 e. The normalized spacial score (nSPS) is 10.7. The van der Waals surface area contributed by atoms with Crippen molar-refractivity contribution in [2.75, 3.05) is 5.32 Å². The highest BCUT2D eigenvalue weighted by molar-refractivity contribution is 9.10. The molecule has 0 saturated heterocycles. The second kappa shape index (κ2) is 6.83. The fourth-order valence-corrected chi connectivity index (χ4v) is 2.84. The average Bonchev–Trinajstić information content (AvgIpc) is 2.93. The summed E-state index contributed by atoms with van der Waals surface area (Å²) >= 11 is 3.45. The third kappa shape index (κ3) is 3.53. The van der Waals surface area contributed by atoms with Gasteiger partial charge in [0.15, 0.2) is 0 Å². The number of hydrogen-bond donors (Lipinski definition) is 2. The molecule has 1 aromatic heterocycles. The summed E-state index contributed by atoms with van der Waals surface area (Å²) in [6.45, 7) is 3.18. The third-order valence-electron chi connectivity index (χ3n) is 3.57. The number of rotatable bonds is 4. The van der Waals surface area contributed by atoms with Gasteiger partial charge in [0.2, 0.25) is 0 Å². The number of fused-ring (bicyclic) bond motifs is 1. The lowest BCUT2D eigenvalue weighted by Crippen LogP contribution is -2.28. The van der Waals surface area contributed by atoms with Crippen molar-refractivity contribution < 1.29 is 4.79 Å². The first-order valence-corrected chi connectivity index (χ1v) is 8.21. The molecule has 0 aliphatic rings. The van der Waals surface area contributed by atoms with E-state index in [1.807, 2.05) is 60.3 Å². The van der Waals surface area contributed by atoms with E-state index in [-0.39, 0.29) is 6.03 Å². The summed E-state index contributed by atoms with van der Waals surface area (Å²) in [5.41, 5.74) is 1.60. The van der Waals surface area contributed by atoms with Crippen molar-refractivity contribution in [3.05, 3.63) is 58.8 Å². The van der Waals surface area contributed by atoms with E-state index in [1.54, 1.807) is 0 Å². The predicted octanol–water partition coefficient (Wildman–Crippen LogP) is 4.14. The highest BCUT2D eigenvalue weighted by Gasteiger charge is 2.09. The number of carbonyl (C=O) groups is 1. The van der Waals surface area contributed by atoms with Crippen LogP contribution in [0.1, 0.15) is 12.6 Å². The Kier molecular flexibility index (Phi) is 4.62. The van der Waals surface area contributed by atoms with E-state index >= 15 is 0 Å². The van der Waals surface area contributed by atoms with Crippen molar-refractivity contribution in [2.24, 2.45) is 0 Å². The number of carbonyl (C=O) groups excluding carboxylic acids is 1. The third-order valence-corrected chi connectivity index (χ3v) is 4.23. The number of aryl methyl sites for hydroxylation is 1.